The van der Waals surface area contributed by atoms with Crippen molar-refractivity contribution in [3.05, 3.63) is 99.0 Å². The molecule has 3 fully saturated rings. The van der Waals surface area contributed by atoms with E-state index >= 15 is 0 Å². The van der Waals surface area contributed by atoms with Gasteiger partial charge in [-0.15, -0.1) is 0 Å². The van der Waals surface area contributed by atoms with Crippen LogP contribution in [0.15, 0.2) is 66.7 Å². The lowest BCUT2D eigenvalue weighted by atomic mass is 9.81. The van der Waals surface area contributed by atoms with Crippen LogP contribution in [0.25, 0.3) is 0 Å². The zero-order valence-electron chi connectivity index (χ0n) is 23.1. The van der Waals surface area contributed by atoms with Crippen molar-refractivity contribution in [3.63, 3.8) is 0 Å². The van der Waals surface area contributed by atoms with E-state index in [9.17, 15) is 24.0 Å². The van der Waals surface area contributed by atoms with Gasteiger partial charge in [-0.2, -0.15) is 5.01 Å². The molecule has 0 aromatic heterocycles. The number of halogens is 4. The molecule has 3 aliphatic rings. The predicted octanol–water partition coefficient (Wildman–Crippen LogP) is 6.54. The Balaban J connectivity index is 1.26. The van der Waals surface area contributed by atoms with E-state index in [0.717, 1.165) is 15.6 Å². The first-order valence-corrected chi connectivity index (χ1v) is 16.4. The average Bonchev–Trinajstić information content (AvgIpc) is 3.61. The monoisotopic (exact) mass is 760 g/mol. The molecular weight excluding hydrogens is 739 g/mol. The Bertz CT molecular complexity index is 1670. The summed E-state index contributed by atoms with van der Waals surface area (Å²) in [7, 11) is 0. The second kappa shape index (κ2) is 12.0. The highest BCUT2D eigenvalue weighted by Gasteiger charge is 2.67. The van der Waals surface area contributed by atoms with E-state index in [2.05, 4.69) is 31.9 Å². The number of alkyl halides is 2. The van der Waals surface area contributed by atoms with Crippen molar-refractivity contribution in [1.29, 1.82) is 0 Å². The third-order valence-corrected chi connectivity index (χ3v) is 12.3. The molecule has 44 heavy (non-hydrogen) atoms. The quantitative estimate of drug-likeness (QED) is 0.0892. The minimum Gasteiger partial charge on any atom is -0.423 e. The second-order valence-electron chi connectivity index (χ2n) is 11.2. The Labute approximate surface area is 279 Å². The highest BCUT2D eigenvalue weighted by Crippen LogP contribution is 2.60. The summed E-state index contributed by atoms with van der Waals surface area (Å²) >= 11 is 19.7. The van der Waals surface area contributed by atoms with Gasteiger partial charge >= 0.3 is 5.97 Å². The van der Waals surface area contributed by atoms with Crippen LogP contribution in [0.3, 0.4) is 0 Å². The molecule has 3 amide bonds. The molecule has 1 heterocycles. The lowest BCUT2D eigenvalue weighted by Crippen LogP contribution is -2.52. The number of Topliss-reactive ketones (excluding diaryl/α,β-unsaturated/α-hetero) is 1. The van der Waals surface area contributed by atoms with Crippen LogP contribution < -0.4 is 4.74 Å². The number of fused-ring (bicyclic) bond motifs is 5. The molecule has 2 bridgehead atoms. The number of rotatable bonds is 7. The molecule has 8 nitrogen and oxygen atoms in total. The molecule has 0 spiro atoms. The maximum atomic E-state index is 13.9. The SMILES string of the molecule is Cc1ccc(C(=O)Oc2ccc(C(=O)CN(C(=O)c3ccc(Cl)cc3Cl)N3C(=O)[C@@H]4[C@H]5C[C@@H]([C@H](Br)[C@H]5Br)[C@@H]4C3=O)cc2)cc1. The zero-order chi connectivity index (χ0) is 31.4. The summed E-state index contributed by atoms with van der Waals surface area (Å²) in [5.74, 6) is -4.06. The molecule has 12 heteroatoms. The van der Waals surface area contributed by atoms with Gasteiger partial charge in [-0.25, -0.2) is 9.80 Å². The smallest absolute Gasteiger partial charge is 0.343 e. The van der Waals surface area contributed by atoms with Gasteiger partial charge < -0.3 is 4.74 Å². The topological polar surface area (TPSA) is 101 Å². The summed E-state index contributed by atoms with van der Waals surface area (Å²) in [5.41, 5.74) is 1.55. The van der Waals surface area contributed by atoms with Crippen molar-refractivity contribution < 1.29 is 28.7 Å². The van der Waals surface area contributed by atoms with Gasteiger partial charge in [0.25, 0.3) is 17.7 Å². The number of nitrogens with zero attached hydrogens (tertiary/aromatic N) is 2. The fourth-order valence-electron chi connectivity index (χ4n) is 6.40. The summed E-state index contributed by atoms with van der Waals surface area (Å²) in [6.45, 7) is 1.30. The van der Waals surface area contributed by atoms with Crippen molar-refractivity contribution in [2.75, 3.05) is 6.54 Å². The number of ether oxygens (including phenoxy) is 1. The van der Waals surface area contributed by atoms with E-state index in [1.54, 1.807) is 24.3 Å². The van der Waals surface area contributed by atoms with Gasteiger partial charge in [0, 0.05) is 20.2 Å². The number of aryl methyl sites for hydroxylation is 1. The Morgan fingerprint density at radius 1 is 0.864 bits per heavy atom. The van der Waals surface area contributed by atoms with Gasteiger partial charge in [0.05, 0.1) is 28.0 Å². The van der Waals surface area contributed by atoms with E-state index in [1.807, 2.05) is 6.92 Å². The van der Waals surface area contributed by atoms with Crippen LogP contribution in [0.5, 0.6) is 5.75 Å². The van der Waals surface area contributed by atoms with E-state index in [0.29, 0.717) is 17.0 Å². The Morgan fingerprint density at radius 2 is 1.43 bits per heavy atom. The number of carbonyl (C=O) groups is 5. The van der Waals surface area contributed by atoms with Gasteiger partial charge in [-0.05, 0) is 79.8 Å². The molecule has 226 valence electrons. The third-order valence-electron chi connectivity index (χ3n) is 8.57. The van der Waals surface area contributed by atoms with E-state index in [4.69, 9.17) is 27.9 Å². The van der Waals surface area contributed by atoms with Crippen molar-refractivity contribution in [1.82, 2.24) is 10.0 Å². The van der Waals surface area contributed by atoms with Crippen molar-refractivity contribution >= 4 is 84.5 Å². The van der Waals surface area contributed by atoms with Crippen molar-refractivity contribution in [2.45, 2.75) is 23.0 Å². The number of carbonyl (C=O) groups excluding carboxylic acids is 5. The number of benzene rings is 3. The molecule has 0 N–H and O–H groups in total. The van der Waals surface area contributed by atoms with Gasteiger partial charge in [-0.1, -0.05) is 72.8 Å². The van der Waals surface area contributed by atoms with Crippen LogP contribution in [-0.4, -0.2) is 55.7 Å². The standard InChI is InChI=1S/C32H24Br2Cl2N2O6/c1-15-2-4-17(5-3-15)32(43)44-19-9-6-16(7-10-19)24(39)14-37(29(40)20-11-8-18(35)12-23(20)36)38-30(41)25-21-13-22(26(25)31(38)42)28(34)27(21)33/h2-12,21-22,25-28H,13-14H2,1H3/t21-,22-,25-,26+,27+,28+/m1/s1. The number of esters is 1. The van der Waals surface area contributed by atoms with Crippen molar-refractivity contribution in [3.8, 4) is 5.75 Å². The third kappa shape index (κ3) is 5.40. The molecular formula is C32H24Br2Cl2N2O6. The molecule has 2 aliphatic carbocycles. The van der Waals surface area contributed by atoms with E-state index in [1.165, 1.54) is 42.5 Å². The number of hydrazine groups is 1. The largest absolute Gasteiger partial charge is 0.423 e. The fraction of sp³-hybridized carbons (Fsp3) is 0.281. The number of imide groups is 1. The first kappa shape index (κ1) is 31.0. The minimum absolute atomic E-state index is 0.000524. The highest BCUT2D eigenvalue weighted by atomic mass is 79.9. The molecule has 0 unspecified atom stereocenters. The van der Waals surface area contributed by atoms with Gasteiger partial charge in [0.1, 0.15) is 12.3 Å². The maximum Gasteiger partial charge on any atom is 0.343 e. The molecule has 6 atom stereocenters. The first-order valence-electron chi connectivity index (χ1n) is 13.8. The fourth-order valence-corrected chi connectivity index (χ4v) is 8.76. The summed E-state index contributed by atoms with van der Waals surface area (Å²) in [6, 6.07) is 17.0. The van der Waals surface area contributed by atoms with Crippen LogP contribution in [0.4, 0.5) is 0 Å². The molecule has 1 aliphatic heterocycles. The maximum absolute atomic E-state index is 13.9. The Kier molecular flexibility index (Phi) is 8.47. The van der Waals surface area contributed by atoms with Crippen LogP contribution in [0.2, 0.25) is 10.0 Å². The molecule has 3 aromatic rings. The number of amides is 3. The lowest BCUT2D eigenvalue weighted by molar-refractivity contribution is -0.154. The minimum atomic E-state index is -0.788. The average molecular weight is 763 g/mol. The summed E-state index contributed by atoms with van der Waals surface area (Å²) in [5, 5.41) is 2.03. The summed E-state index contributed by atoms with van der Waals surface area (Å²) in [6.07, 6.45) is 0.712. The number of ketones is 1. The highest BCUT2D eigenvalue weighted by molar-refractivity contribution is 9.12. The molecule has 2 saturated carbocycles. The van der Waals surface area contributed by atoms with Crippen LogP contribution >= 0.6 is 55.1 Å². The molecule has 6 rings (SSSR count). The summed E-state index contributed by atoms with van der Waals surface area (Å²) in [4.78, 5) is 67.6. The summed E-state index contributed by atoms with van der Waals surface area (Å²) < 4.78 is 5.42. The molecule has 1 saturated heterocycles. The van der Waals surface area contributed by atoms with E-state index in [-0.39, 0.29) is 43.4 Å². The Hall–Kier alpha value is -3.05. The van der Waals surface area contributed by atoms with E-state index < -0.39 is 47.9 Å². The van der Waals surface area contributed by atoms with Gasteiger partial charge in [0.15, 0.2) is 5.78 Å². The molecule has 3 aromatic carbocycles. The van der Waals surface area contributed by atoms with Gasteiger partial charge in [0.2, 0.25) is 0 Å². The van der Waals surface area contributed by atoms with Gasteiger partial charge in [-0.3, -0.25) is 19.2 Å². The lowest BCUT2D eigenvalue weighted by Gasteiger charge is -2.31. The zero-order valence-corrected chi connectivity index (χ0v) is 27.8. The normalized spacial score (nSPS) is 25.2. The number of hydrogen-bond acceptors (Lipinski definition) is 6. The van der Waals surface area contributed by atoms with Crippen molar-refractivity contribution in [2.24, 2.45) is 23.7 Å². The molecule has 0 radical (unpaired) electrons. The Morgan fingerprint density at radius 3 is 2.00 bits per heavy atom. The van der Waals surface area contributed by atoms with Crippen LogP contribution in [0, 0.1) is 30.6 Å². The van der Waals surface area contributed by atoms with Crippen LogP contribution in [0.1, 0.15) is 43.1 Å². The van der Waals surface area contributed by atoms with Crippen LogP contribution in [-0.2, 0) is 9.59 Å². The predicted molar refractivity (Wildman–Crippen MR) is 170 cm³/mol. The number of hydrogen-bond donors (Lipinski definition) is 0. The first-order chi connectivity index (χ1) is 21.0. The second-order valence-corrected chi connectivity index (χ2v) is 14.1.